The summed E-state index contributed by atoms with van der Waals surface area (Å²) in [5, 5.41) is 12.9. The van der Waals surface area contributed by atoms with E-state index in [1.165, 1.54) is 0 Å². The fourth-order valence-corrected chi connectivity index (χ4v) is 0.140. The molecule has 0 rings (SSSR count). The molecular formula is C5H14N4. The van der Waals surface area contributed by atoms with Crippen molar-refractivity contribution in [3.05, 3.63) is 0 Å². The van der Waals surface area contributed by atoms with E-state index in [0.29, 0.717) is 6.42 Å². The van der Waals surface area contributed by atoms with E-state index in [9.17, 15) is 0 Å². The number of nitrogens with zero attached hydrogens (tertiary/aromatic N) is 2. The molecule has 0 atom stereocenters. The third-order valence-corrected chi connectivity index (χ3v) is 0.513. The predicted octanol–water partition coefficient (Wildman–Crippen LogP) is 1.73. The molecule has 0 radical (unpaired) electrons. The van der Waals surface area contributed by atoms with E-state index < -0.39 is 0 Å². The Morgan fingerprint density at radius 2 is 2.00 bits per heavy atom. The predicted molar refractivity (Wildman–Crippen MR) is 38.4 cm³/mol. The molecular weight excluding hydrogens is 116 g/mol. The number of amidine groups is 1. The lowest BCUT2D eigenvalue weighted by atomic mass is 10.5. The fraction of sp³-hybridized carbons (Fsp3) is 0.800. The maximum atomic E-state index is 6.80. The van der Waals surface area contributed by atoms with Crippen molar-refractivity contribution in [2.24, 2.45) is 16.2 Å². The van der Waals surface area contributed by atoms with Crippen molar-refractivity contribution in [3.8, 4) is 0 Å². The number of nitrogens with two attached hydrogens (primary N) is 1. The van der Waals surface area contributed by atoms with Crippen molar-refractivity contribution < 1.29 is 0 Å². The number of nitrogens with one attached hydrogen (secondary N) is 1. The van der Waals surface area contributed by atoms with Crippen molar-refractivity contribution in [3.63, 3.8) is 0 Å². The van der Waals surface area contributed by atoms with Crippen molar-refractivity contribution in [1.82, 2.24) is 0 Å². The normalized spacial score (nSPS) is 8.33. The summed E-state index contributed by atoms with van der Waals surface area (Å²) in [6, 6.07) is 0. The highest BCUT2D eigenvalue weighted by molar-refractivity contribution is 5.78. The molecule has 0 spiro atoms. The van der Waals surface area contributed by atoms with E-state index in [4.69, 9.17) is 5.41 Å². The van der Waals surface area contributed by atoms with Gasteiger partial charge in [0.2, 0.25) is 0 Å². The maximum Gasteiger partial charge on any atom is 0.144 e. The van der Waals surface area contributed by atoms with Gasteiger partial charge in [0.25, 0.3) is 0 Å². The van der Waals surface area contributed by atoms with Crippen LogP contribution in [-0.2, 0) is 0 Å². The molecule has 0 saturated heterocycles. The van der Waals surface area contributed by atoms with Crippen LogP contribution >= 0.6 is 0 Å². The summed E-state index contributed by atoms with van der Waals surface area (Å²) in [6.07, 6.45) is 0.584. The molecule has 0 bridgehead atoms. The van der Waals surface area contributed by atoms with E-state index in [1.807, 2.05) is 20.8 Å². The standard InChI is InChI=1S/C3H8N4.C2H6/c1-2-3(4)6-7-5;1-2/h2H2,1H3,(H3,4,5,6);1-2H3. The second kappa shape index (κ2) is 10.1. The van der Waals surface area contributed by atoms with E-state index in [1.54, 1.807) is 0 Å². The van der Waals surface area contributed by atoms with Gasteiger partial charge in [0.05, 0.1) is 0 Å². The van der Waals surface area contributed by atoms with Crippen molar-refractivity contribution in [2.45, 2.75) is 27.2 Å². The molecule has 9 heavy (non-hydrogen) atoms. The van der Waals surface area contributed by atoms with E-state index in [2.05, 4.69) is 16.2 Å². The van der Waals surface area contributed by atoms with Crippen LogP contribution in [0.15, 0.2) is 10.3 Å². The molecule has 3 N–H and O–H groups in total. The number of hydrogen-bond donors (Lipinski definition) is 2. The zero-order chi connectivity index (χ0) is 7.70. The van der Waals surface area contributed by atoms with Gasteiger partial charge in [-0.15, -0.1) is 5.11 Å². The largest absolute Gasteiger partial charge is 0.305 e. The molecule has 54 valence electrons. The highest BCUT2D eigenvalue weighted by atomic mass is 15.3. The summed E-state index contributed by atoms with van der Waals surface area (Å²) in [5.74, 6) is 4.83. The molecule has 0 fully saturated rings. The molecule has 0 aliphatic rings. The Morgan fingerprint density at radius 1 is 1.56 bits per heavy atom. The van der Waals surface area contributed by atoms with Gasteiger partial charge >= 0.3 is 0 Å². The SMILES string of the molecule is CC.CCC(=N)N=NN. The Bertz CT molecular complexity index is 87.0. The van der Waals surface area contributed by atoms with Gasteiger partial charge in [-0.25, -0.2) is 0 Å². The quantitative estimate of drug-likeness (QED) is 0.183. The Morgan fingerprint density at radius 3 is 2.11 bits per heavy atom. The minimum absolute atomic E-state index is 0.211. The van der Waals surface area contributed by atoms with Gasteiger partial charge in [-0.3, -0.25) is 5.41 Å². The zero-order valence-electron chi connectivity index (χ0n) is 6.18. The number of rotatable bonds is 1. The molecule has 0 heterocycles. The molecule has 0 saturated carbocycles. The van der Waals surface area contributed by atoms with Crippen LogP contribution in [0.1, 0.15) is 27.2 Å². The Hall–Kier alpha value is -0.930. The maximum absolute atomic E-state index is 6.80. The fourth-order valence-electron chi connectivity index (χ4n) is 0.140. The zero-order valence-corrected chi connectivity index (χ0v) is 6.18. The van der Waals surface area contributed by atoms with Gasteiger partial charge in [-0.05, 0) is 0 Å². The van der Waals surface area contributed by atoms with Gasteiger partial charge in [-0.1, -0.05) is 26.0 Å². The lowest BCUT2D eigenvalue weighted by Crippen LogP contribution is -1.87. The van der Waals surface area contributed by atoms with Gasteiger partial charge in [-0.2, -0.15) is 0 Å². The minimum Gasteiger partial charge on any atom is -0.305 e. The number of hydrogen-bond acceptors (Lipinski definition) is 2. The van der Waals surface area contributed by atoms with E-state index >= 15 is 0 Å². The third kappa shape index (κ3) is 11.0. The van der Waals surface area contributed by atoms with Gasteiger partial charge in [0.1, 0.15) is 5.84 Å². The summed E-state index contributed by atoms with van der Waals surface area (Å²) in [5.41, 5.74) is 0. The molecule has 0 aromatic carbocycles. The molecule has 4 nitrogen and oxygen atoms in total. The second-order valence-corrected chi connectivity index (χ2v) is 1.02. The minimum atomic E-state index is 0.211. The highest BCUT2D eigenvalue weighted by Crippen LogP contribution is 1.80. The average Bonchev–Trinajstić information content (AvgIpc) is 1.93. The van der Waals surface area contributed by atoms with E-state index in [0.717, 1.165) is 0 Å². The van der Waals surface area contributed by atoms with Crippen LogP contribution in [0.25, 0.3) is 0 Å². The van der Waals surface area contributed by atoms with Gasteiger partial charge < -0.3 is 5.84 Å². The van der Waals surface area contributed by atoms with Crippen LogP contribution < -0.4 is 5.84 Å². The molecule has 4 heteroatoms. The first-order valence-corrected chi connectivity index (χ1v) is 2.99. The van der Waals surface area contributed by atoms with Crippen LogP contribution in [0.3, 0.4) is 0 Å². The van der Waals surface area contributed by atoms with Crippen molar-refractivity contribution in [2.75, 3.05) is 0 Å². The first kappa shape index (κ1) is 10.9. The molecule has 0 amide bonds. The Kier molecular flexibility index (Phi) is 12.3. The van der Waals surface area contributed by atoms with Gasteiger partial charge in [0, 0.05) is 6.42 Å². The summed E-state index contributed by atoms with van der Waals surface area (Å²) in [4.78, 5) is 0. The molecule has 0 aliphatic carbocycles. The highest BCUT2D eigenvalue weighted by Gasteiger charge is 1.81. The topological polar surface area (TPSA) is 74.6 Å². The van der Waals surface area contributed by atoms with E-state index in [-0.39, 0.29) is 5.84 Å². The molecule has 0 unspecified atom stereocenters. The monoisotopic (exact) mass is 130 g/mol. The summed E-state index contributed by atoms with van der Waals surface area (Å²) >= 11 is 0. The molecule has 0 aliphatic heterocycles. The van der Waals surface area contributed by atoms with Gasteiger partial charge in [0.15, 0.2) is 0 Å². The first-order valence-electron chi connectivity index (χ1n) is 2.99. The first-order chi connectivity index (χ1) is 4.31. The smallest absolute Gasteiger partial charge is 0.144 e. The Labute approximate surface area is 55.6 Å². The summed E-state index contributed by atoms with van der Waals surface area (Å²) in [7, 11) is 0. The van der Waals surface area contributed by atoms with Crippen LogP contribution in [-0.4, -0.2) is 5.84 Å². The van der Waals surface area contributed by atoms with Crippen molar-refractivity contribution in [1.29, 1.82) is 5.41 Å². The lowest BCUT2D eigenvalue weighted by molar-refractivity contribution is 1.04. The summed E-state index contributed by atoms with van der Waals surface area (Å²) in [6.45, 7) is 5.82. The lowest BCUT2D eigenvalue weighted by Gasteiger charge is -1.81. The Balaban J connectivity index is 0. The summed E-state index contributed by atoms with van der Waals surface area (Å²) < 4.78 is 0. The molecule has 0 aromatic heterocycles. The average molecular weight is 130 g/mol. The van der Waals surface area contributed by atoms with Crippen molar-refractivity contribution >= 4 is 5.84 Å². The van der Waals surface area contributed by atoms with Crippen LogP contribution in [0.4, 0.5) is 0 Å². The van der Waals surface area contributed by atoms with Crippen LogP contribution in [0.5, 0.6) is 0 Å². The third-order valence-electron chi connectivity index (χ3n) is 0.513. The van der Waals surface area contributed by atoms with Crippen LogP contribution in [0.2, 0.25) is 0 Å². The molecule has 0 aromatic rings. The van der Waals surface area contributed by atoms with Crippen LogP contribution in [0, 0.1) is 5.41 Å². The second-order valence-electron chi connectivity index (χ2n) is 1.02.